The predicted molar refractivity (Wildman–Crippen MR) is 85.3 cm³/mol. The van der Waals surface area contributed by atoms with Gasteiger partial charge in [-0.15, -0.1) is 0 Å². The molecule has 0 aliphatic heterocycles. The highest BCUT2D eigenvalue weighted by Crippen LogP contribution is 2.30. The molecule has 0 saturated carbocycles. The number of ketones is 1. The highest BCUT2D eigenvalue weighted by Gasteiger charge is 2.12. The summed E-state index contributed by atoms with van der Waals surface area (Å²) >= 11 is 0. The zero-order valence-electron chi connectivity index (χ0n) is 12.1. The van der Waals surface area contributed by atoms with Crippen molar-refractivity contribution in [1.82, 2.24) is 0 Å². The van der Waals surface area contributed by atoms with Crippen molar-refractivity contribution in [3.05, 3.63) is 60.2 Å². The molecule has 0 spiro atoms. The molecule has 0 fully saturated rings. The van der Waals surface area contributed by atoms with Crippen molar-refractivity contribution in [3.8, 4) is 16.9 Å². The fourth-order valence-electron chi connectivity index (χ4n) is 2.72. The number of hydrogen-bond acceptors (Lipinski definition) is 2. The topological polar surface area (TPSA) is 26.3 Å². The van der Waals surface area contributed by atoms with E-state index in [0.717, 1.165) is 40.9 Å². The molecule has 106 valence electrons. The normalized spacial score (nSPS) is 14.7. The van der Waals surface area contributed by atoms with Gasteiger partial charge in [-0.1, -0.05) is 30.3 Å². The number of hydrogen-bond donors (Lipinski definition) is 0. The molecular formula is C19H18O2. The van der Waals surface area contributed by atoms with E-state index >= 15 is 0 Å². The van der Waals surface area contributed by atoms with E-state index in [2.05, 4.69) is 24.3 Å². The molecule has 0 heterocycles. The van der Waals surface area contributed by atoms with Gasteiger partial charge >= 0.3 is 0 Å². The van der Waals surface area contributed by atoms with Gasteiger partial charge in [-0.3, -0.25) is 4.79 Å². The van der Waals surface area contributed by atoms with Gasteiger partial charge in [-0.2, -0.15) is 0 Å². The average molecular weight is 278 g/mol. The maximum Gasteiger partial charge on any atom is 0.155 e. The minimum atomic E-state index is 0.239. The van der Waals surface area contributed by atoms with E-state index in [0.29, 0.717) is 6.42 Å². The van der Waals surface area contributed by atoms with Crippen molar-refractivity contribution in [2.24, 2.45) is 0 Å². The Morgan fingerprint density at radius 1 is 0.905 bits per heavy atom. The summed E-state index contributed by atoms with van der Waals surface area (Å²) < 4.78 is 5.28. The van der Waals surface area contributed by atoms with Crippen molar-refractivity contribution in [2.75, 3.05) is 7.11 Å². The second kappa shape index (κ2) is 5.96. The third-order valence-corrected chi connectivity index (χ3v) is 3.84. The Kier molecular flexibility index (Phi) is 3.87. The first kappa shape index (κ1) is 13.6. The van der Waals surface area contributed by atoms with E-state index in [1.807, 2.05) is 24.3 Å². The zero-order chi connectivity index (χ0) is 14.7. The predicted octanol–water partition coefficient (Wildman–Crippen LogP) is 4.50. The molecule has 0 saturated heterocycles. The monoisotopic (exact) mass is 278 g/mol. The van der Waals surface area contributed by atoms with Gasteiger partial charge < -0.3 is 4.74 Å². The fourth-order valence-corrected chi connectivity index (χ4v) is 2.72. The lowest BCUT2D eigenvalue weighted by Crippen LogP contribution is -2.02. The summed E-state index contributed by atoms with van der Waals surface area (Å²) in [7, 11) is 1.67. The van der Waals surface area contributed by atoms with Gasteiger partial charge in [0.1, 0.15) is 5.75 Å². The zero-order valence-corrected chi connectivity index (χ0v) is 12.1. The molecule has 0 bridgehead atoms. The van der Waals surface area contributed by atoms with Crippen LogP contribution < -0.4 is 4.74 Å². The molecule has 0 N–H and O–H groups in total. The number of methoxy groups -OCH3 is 1. The van der Waals surface area contributed by atoms with Crippen molar-refractivity contribution in [1.29, 1.82) is 0 Å². The minimum absolute atomic E-state index is 0.239. The largest absolute Gasteiger partial charge is 0.497 e. The van der Waals surface area contributed by atoms with E-state index in [-0.39, 0.29) is 5.78 Å². The maximum atomic E-state index is 11.6. The molecule has 0 aromatic heterocycles. The SMILES string of the molecule is COc1cccc(-c2cccc(C3=CC(=O)CCC3)c2)c1. The molecule has 0 amide bonds. The van der Waals surface area contributed by atoms with Gasteiger partial charge in [0, 0.05) is 6.42 Å². The molecule has 1 aliphatic carbocycles. The summed E-state index contributed by atoms with van der Waals surface area (Å²) in [6.07, 6.45) is 4.41. The highest BCUT2D eigenvalue weighted by atomic mass is 16.5. The average Bonchev–Trinajstić information content (AvgIpc) is 2.55. The third kappa shape index (κ3) is 3.05. The first-order valence-electron chi connectivity index (χ1n) is 7.24. The Balaban J connectivity index is 1.98. The summed E-state index contributed by atoms with van der Waals surface area (Å²) in [6.45, 7) is 0. The fraction of sp³-hybridized carbons (Fsp3) is 0.211. The molecule has 21 heavy (non-hydrogen) atoms. The standard InChI is InChI=1S/C19H18O2/c1-21-19-10-4-8-17(13-19)15-6-2-5-14(11-15)16-7-3-9-18(20)12-16/h2,4-6,8,10-13H,3,7,9H2,1H3. The van der Waals surface area contributed by atoms with Crippen LogP contribution >= 0.6 is 0 Å². The second-order valence-corrected chi connectivity index (χ2v) is 5.30. The lowest BCUT2D eigenvalue weighted by atomic mass is 9.91. The van der Waals surface area contributed by atoms with E-state index in [1.165, 1.54) is 0 Å². The number of rotatable bonds is 3. The molecule has 3 rings (SSSR count). The van der Waals surface area contributed by atoms with Crippen LogP contribution in [0.3, 0.4) is 0 Å². The molecular weight excluding hydrogens is 260 g/mol. The van der Waals surface area contributed by atoms with E-state index in [1.54, 1.807) is 13.2 Å². The smallest absolute Gasteiger partial charge is 0.155 e. The molecule has 1 aliphatic rings. The summed E-state index contributed by atoms with van der Waals surface area (Å²) in [5.41, 5.74) is 4.56. The Bertz CT molecular complexity index is 698. The molecule has 0 radical (unpaired) electrons. The van der Waals surface area contributed by atoms with Crippen LogP contribution in [0, 0.1) is 0 Å². The number of allylic oxidation sites excluding steroid dienone is 2. The Hall–Kier alpha value is -2.35. The van der Waals surface area contributed by atoms with E-state index in [4.69, 9.17) is 4.74 Å². The van der Waals surface area contributed by atoms with Crippen molar-refractivity contribution in [3.63, 3.8) is 0 Å². The lowest BCUT2D eigenvalue weighted by Gasteiger charge is -2.13. The van der Waals surface area contributed by atoms with Crippen LogP contribution in [0.5, 0.6) is 5.75 Å². The van der Waals surface area contributed by atoms with Crippen LogP contribution in [0.4, 0.5) is 0 Å². The van der Waals surface area contributed by atoms with Gasteiger partial charge in [-0.25, -0.2) is 0 Å². The van der Waals surface area contributed by atoms with Crippen LogP contribution in [0.15, 0.2) is 54.6 Å². The van der Waals surface area contributed by atoms with Crippen molar-refractivity contribution >= 4 is 11.4 Å². The van der Waals surface area contributed by atoms with Crippen LogP contribution in [0.25, 0.3) is 16.7 Å². The van der Waals surface area contributed by atoms with Gasteiger partial charge in [0.05, 0.1) is 7.11 Å². The maximum absolute atomic E-state index is 11.6. The van der Waals surface area contributed by atoms with Gasteiger partial charge in [0.2, 0.25) is 0 Å². The molecule has 2 aromatic carbocycles. The summed E-state index contributed by atoms with van der Waals surface area (Å²) in [4.78, 5) is 11.6. The molecule has 0 unspecified atom stereocenters. The molecule has 0 atom stereocenters. The first-order chi connectivity index (χ1) is 10.3. The van der Waals surface area contributed by atoms with Gasteiger partial charge in [-0.05, 0) is 59.4 Å². The van der Waals surface area contributed by atoms with E-state index in [9.17, 15) is 4.79 Å². The minimum Gasteiger partial charge on any atom is -0.497 e. The quantitative estimate of drug-likeness (QED) is 0.826. The van der Waals surface area contributed by atoms with Crippen molar-refractivity contribution < 1.29 is 9.53 Å². The first-order valence-corrected chi connectivity index (χ1v) is 7.24. The highest BCUT2D eigenvalue weighted by molar-refractivity contribution is 5.98. The molecule has 2 aromatic rings. The Morgan fingerprint density at radius 2 is 1.62 bits per heavy atom. The Labute approximate surface area is 125 Å². The summed E-state index contributed by atoms with van der Waals surface area (Å²) in [6, 6.07) is 16.4. The lowest BCUT2D eigenvalue weighted by molar-refractivity contribution is -0.114. The van der Waals surface area contributed by atoms with Crippen molar-refractivity contribution in [2.45, 2.75) is 19.3 Å². The number of carbonyl (C=O) groups is 1. The molecule has 2 heteroatoms. The number of ether oxygens (including phenoxy) is 1. The summed E-state index contributed by atoms with van der Waals surface area (Å²) in [5, 5.41) is 0. The second-order valence-electron chi connectivity index (χ2n) is 5.30. The van der Waals surface area contributed by atoms with Crippen LogP contribution in [-0.2, 0) is 4.79 Å². The Morgan fingerprint density at radius 3 is 2.38 bits per heavy atom. The van der Waals surface area contributed by atoms with Crippen LogP contribution in [0.1, 0.15) is 24.8 Å². The van der Waals surface area contributed by atoms with Crippen LogP contribution in [-0.4, -0.2) is 12.9 Å². The van der Waals surface area contributed by atoms with Gasteiger partial charge in [0.25, 0.3) is 0 Å². The van der Waals surface area contributed by atoms with E-state index < -0.39 is 0 Å². The third-order valence-electron chi connectivity index (χ3n) is 3.84. The summed E-state index contributed by atoms with van der Waals surface area (Å²) in [5.74, 6) is 1.09. The number of benzene rings is 2. The van der Waals surface area contributed by atoms with Gasteiger partial charge in [0.15, 0.2) is 5.78 Å². The van der Waals surface area contributed by atoms with Crippen LogP contribution in [0.2, 0.25) is 0 Å². The molecule has 2 nitrogen and oxygen atoms in total. The number of carbonyl (C=O) groups excluding carboxylic acids is 1.